The standard InChI is InChI=1S/C13H11BrN2O2S2/c14-8-4-11(19-6-8)10-5-16-9(2-1-3-12(17)18)7-20-13(16)15-10/h4-7H,1-3H2,(H,17,18). The SMILES string of the molecule is O=C(O)CCCc1csc2nc(-c3cc(Br)cs3)cn12. The number of rotatable bonds is 5. The fourth-order valence-corrected chi connectivity index (χ4v) is 4.29. The fraction of sp³-hybridized carbons (Fsp3) is 0.231. The topological polar surface area (TPSA) is 54.6 Å². The first-order valence-corrected chi connectivity index (χ1v) is 8.60. The van der Waals surface area contributed by atoms with Crippen LogP contribution < -0.4 is 0 Å². The van der Waals surface area contributed by atoms with Gasteiger partial charge < -0.3 is 5.11 Å². The Morgan fingerprint density at radius 2 is 2.25 bits per heavy atom. The number of carboxylic acid groups (broad SMARTS) is 1. The minimum Gasteiger partial charge on any atom is -0.481 e. The van der Waals surface area contributed by atoms with E-state index in [-0.39, 0.29) is 6.42 Å². The molecule has 3 heterocycles. The number of aromatic nitrogens is 2. The lowest BCUT2D eigenvalue weighted by molar-refractivity contribution is -0.137. The summed E-state index contributed by atoms with van der Waals surface area (Å²) in [5, 5.41) is 12.8. The number of thiophene rings is 1. The molecule has 0 aromatic carbocycles. The molecule has 0 aliphatic rings. The fourth-order valence-electron chi connectivity index (χ4n) is 2.00. The summed E-state index contributed by atoms with van der Waals surface area (Å²) >= 11 is 6.69. The van der Waals surface area contributed by atoms with Crippen LogP contribution in [0.3, 0.4) is 0 Å². The number of carboxylic acids is 1. The zero-order chi connectivity index (χ0) is 14.1. The van der Waals surface area contributed by atoms with Crippen molar-refractivity contribution in [3.8, 4) is 10.6 Å². The highest BCUT2D eigenvalue weighted by atomic mass is 79.9. The Hall–Kier alpha value is -1.18. The maximum Gasteiger partial charge on any atom is 0.303 e. The van der Waals surface area contributed by atoms with E-state index >= 15 is 0 Å². The van der Waals surface area contributed by atoms with Gasteiger partial charge in [0.25, 0.3) is 0 Å². The number of thiazole rings is 1. The molecule has 0 amide bonds. The van der Waals surface area contributed by atoms with Crippen molar-refractivity contribution in [2.45, 2.75) is 19.3 Å². The van der Waals surface area contributed by atoms with E-state index in [9.17, 15) is 4.79 Å². The molecule has 0 bridgehead atoms. The molecule has 0 unspecified atom stereocenters. The van der Waals surface area contributed by atoms with Crippen LogP contribution in [-0.4, -0.2) is 20.5 Å². The van der Waals surface area contributed by atoms with Crippen molar-refractivity contribution in [3.05, 3.63) is 33.2 Å². The van der Waals surface area contributed by atoms with Crippen LogP contribution in [0, 0.1) is 0 Å². The quantitative estimate of drug-likeness (QED) is 0.728. The second-order valence-electron chi connectivity index (χ2n) is 4.38. The molecule has 7 heteroatoms. The van der Waals surface area contributed by atoms with Gasteiger partial charge in [0.1, 0.15) is 5.69 Å². The summed E-state index contributed by atoms with van der Waals surface area (Å²) in [6.07, 6.45) is 3.65. The third-order valence-electron chi connectivity index (χ3n) is 2.93. The summed E-state index contributed by atoms with van der Waals surface area (Å²) < 4.78 is 3.13. The molecular weight excluding hydrogens is 360 g/mol. The molecule has 1 N–H and O–H groups in total. The molecule has 3 aromatic heterocycles. The van der Waals surface area contributed by atoms with Gasteiger partial charge in [0.05, 0.1) is 4.88 Å². The highest BCUT2D eigenvalue weighted by Crippen LogP contribution is 2.31. The van der Waals surface area contributed by atoms with Gasteiger partial charge in [-0.1, -0.05) is 0 Å². The maximum absolute atomic E-state index is 10.6. The molecule has 0 radical (unpaired) electrons. The molecule has 4 nitrogen and oxygen atoms in total. The van der Waals surface area contributed by atoms with Gasteiger partial charge in [-0.05, 0) is 34.8 Å². The number of nitrogens with zero attached hydrogens (tertiary/aromatic N) is 2. The molecule has 104 valence electrons. The van der Waals surface area contributed by atoms with Gasteiger partial charge in [0.2, 0.25) is 0 Å². The number of hydrogen-bond acceptors (Lipinski definition) is 4. The van der Waals surface area contributed by atoms with Crippen molar-refractivity contribution in [1.29, 1.82) is 0 Å². The minimum atomic E-state index is -0.744. The molecule has 0 spiro atoms. The predicted molar refractivity (Wildman–Crippen MR) is 84.7 cm³/mol. The first-order chi connectivity index (χ1) is 9.63. The first kappa shape index (κ1) is 13.8. The minimum absolute atomic E-state index is 0.205. The average Bonchev–Trinajstić information content (AvgIpc) is 3.05. The molecule has 0 aliphatic carbocycles. The summed E-state index contributed by atoms with van der Waals surface area (Å²) in [7, 11) is 0. The number of carbonyl (C=O) groups is 1. The van der Waals surface area contributed by atoms with E-state index in [1.54, 1.807) is 22.7 Å². The van der Waals surface area contributed by atoms with Crippen molar-refractivity contribution in [2.24, 2.45) is 0 Å². The molecule has 0 saturated heterocycles. The third kappa shape index (κ3) is 2.79. The molecule has 0 atom stereocenters. The summed E-state index contributed by atoms with van der Waals surface area (Å²) in [4.78, 5) is 17.3. The molecular formula is C13H11BrN2O2S2. The van der Waals surface area contributed by atoms with Gasteiger partial charge >= 0.3 is 5.97 Å². The van der Waals surface area contributed by atoms with Gasteiger partial charge in [0.15, 0.2) is 4.96 Å². The number of halogens is 1. The van der Waals surface area contributed by atoms with Crippen LogP contribution in [0.4, 0.5) is 0 Å². The van der Waals surface area contributed by atoms with Gasteiger partial charge in [-0.15, -0.1) is 22.7 Å². The summed E-state index contributed by atoms with van der Waals surface area (Å²) in [6.45, 7) is 0. The van der Waals surface area contributed by atoms with E-state index in [0.29, 0.717) is 6.42 Å². The lowest BCUT2D eigenvalue weighted by Gasteiger charge is -1.97. The van der Waals surface area contributed by atoms with E-state index in [0.717, 1.165) is 32.1 Å². The number of hydrogen-bond donors (Lipinski definition) is 1. The summed E-state index contributed by atoms with van der Waals surface area (Å²) in [6, 6.07) is 2.06. The van der Waals surface area contributed by atoms with Crippen LogP contribution >= 0.6 is 38.6 Å². The highest BCUT2D eigenvalue weighted by molar-refractivity contribution is 9.10. The monoisotopic (exact) mass is 370 g/mol. The number of fused-ring (bicyclic) bond motifs is 1. The largest absolute Gasteiger partial charge is 0.481 e. The van der Waals surface area contributed by atoms with E-state index in [2.05, 4.69) is 36.8 Å². The van der Waals surface area contributed by atoms with Crippen LogP contribution in [0.2, 0.25) is 0 Å². The molecule has 20 heavy (non-hydrogen) atoms. The van der Waals surface area contributed by atoms with Crippen molar-refractivity contribution in [2.75, 3.05) is 0 Å². The zero-order valence-electron chi connectivity index (χ0n) is 10.4. The van der Waals surface area contributed by atoms with Gasteiger partial charge in [-0.2, -0.15) is 0 Å². The Bertz CT molecular complexity index is 759. The first-order valence-electron chi connectivity index (χ1n) is 6.05. The van der Waals surface area contributed by atoms with Crippen LogP contribution in [0.15, 0.2) is 27.5 Å². The second kappa shape index (κ2) is 5.67. The van der Waals surface area contributed by atoms with Gasteiger partial charge in [0, 0.05) is 33.5 Å². The Balaban J connectivity index is 1.85. The van der Waals surface area contributed by atoms with E-state index < -0.39 is 5.97 Å². The average molecular weight is 371 g/mol. The Labute approximate surface area is 131 Å². The van der Waals surface area contributed by atoms with Gasteiger partial charge in [-0.25, -0.2) is 4.98 Å². The lowest BCUT2D eigenvalue weighted by Crippen LogP contribution is -1.97. The number of aliphatic carboxylic acids is 1. The van der Waals surface area contributed by atoms with Crippen molar-refractivity contribution >= 4 is 49.5 Å². The lowest BCUT2D eigenvalue weighted by atomic mass is 10.2. The van der Waals surface area contributed by atoms with Crippen LogP contribution in [-0.2, 0) is 11.2 Å². The van der Waals surface area contributed by atoms with Gasteiger partial charge in [-0.3, -0.25) is 9.20 Å². The molecule has 0 aliphatic heterocycles. The molecule has 0 fully saturated rings. The highest BCUT2D eigenvalue weighted by Gasteiger charge is 2.11. The summed E-state index contributed by atoms with van der Waals surface area (Å²) in [5.41, 5.74) is 2.09. The molecule has 3 rings (SSSR count). The second-order valence-corrected chi connectivity index (χ2v) is 7.05. The normalized spacial score (nSPS) is 11.2. The van der Waals surface area contributed by atoms with Crippen LogP contribution in [0.25, 0.3) is 15.5 Å². The van der Waals surface area contributed by atoms with E-state index in [1.807, 2.05) is 11.6 Å². The number of imidazole rings is 1. The smallest absolute Gasteiger partial charge is 0.303 e. The Morgan fingerprint density at radius 1 is 1.40 bits per heavy atom. The zero-order valence-corrected chi connectivity index (χ0v) is 13.6. The van der Waals surface area contributed by atoms with Crippen molar-refractivity contribution in [3.63, 3.8) is 0 Å². The van der Waals surface area contributed by atoms with Crippen LogP contribution in [0.1, 0.15) is 18.5 Å². The Morgan fingerprint density at radius 3 is 2.95 bits per heavy atom. The third-order valence-corrected chi connectivity index (χ3v) is 5.53. The maximum atomic E-state index is 10.6. The van der Waals surface area contributed by atoms with Crippen LogP contribution in [0.5, 0.6) is 0 Å². The molecule has 0 saturated carbocycles. The summed E-state index contributed by atoms with van der Waals surface area (Å²) in [5.74, 6) is -0.744. The predicted octanol–water partition coefficient (Wildman–Crippen LogP) is 4.29. The molecule has 3 aromatic rings. The number of aryl methyl sites for hydroxylation is 1. The van der Waals surface area contributed by atoms with E-state index in [4.69, 9.17) is 5.11 Å². The van der Waals surface area contributed by atoms with Crippen molar-refractivity contribution in [1.82, 2.24) is 9.38 Å². The van der Waals surface area contributed by atoms with E-state index in [1.165, 1.54) is 0 Å². The van der Waals surface area contributed by atoms with Crippen molar-refractivity contribution < 1.29 is 9.90 Å². The Kier molecular flexibility index (Phi) is 3.91.